The van der Waals surface area contributed by atoms with Crippen LogP contribution in [0.4, 0.5) is 0 Å². The molecule has 0 bridgehead atoms. The highest BCUT2D eigenvalue weighted by atomic mass is 32.1. The number of benzene rings is 1. The van der Waals surface area contributed by atoms with E-state index in [4.69, 9.17) is 5.84 Å². The van der Waals surface area contributed by atoms with Crippen LogP contribution in [0, 0.1) is 0 Å². The molecule has 0 aliphatic heterocycles. The first-order valence-corrected chi connectivity index (χ1v) is 9.21. The predicted octanol–water partition coefficient (Wildman–Crippen LogP) is 0.372. The summed E-state index contributed by atoms with van der Waals surface area (Å²) in [4.78, 5) is 44.3. The van der Waals surface area contributed by atoms with Crippen LogP contribution in [0.15, 0.2) is 29.3 Å². The Labute approximate surface area is 160 Å². The highest BCUT2D eigenvalue weighted by molar-refractivity contribution is 7.20. The zero-order chi connectivity index (χ0) is 19.6. The van der Waals surface area contributed by atoms with Gasteiger partial charge in [-0.25, -0.2) is 10.8 Å². The van der Waals surface area contributed by atoms with Gasteiger partial charge in [0.25, 0.3) is 0 Å². The number of nitrogens with two attached hydrogens (primary N) is 1. The third kappa shape index (κ3) is 6.42. The Bertz CT molecular complexity index is 802. The van der Waals surface area contributed by atoms with E-state index in [1.807, 2.05) is 24.3 Å². The van der Waals surface area contributed by atoms with Gasteiger partial charge in [-0.2, -0.15) is 0 Å². The first-order valence-electron chi connectivity index (χ1n) is 8.39. The summed E-state index contributed by atoms with van der Waals surface area (Å²) < 4.78 is 0.905. The Morgan fingerprint density at radius 1 is 1.33 bits per heavy atom. The highest BCUT2D eigenvalue weighted by Crippen LogP contribution is 2.23. The molecule has 1 aromatic heterocycles. The largest absolute Gasteiger partial charge is 0.347 e. The topological polar surface area (TPSA) is 139 Å². The van der Waals surface area contributed by atoms with Crippen molar-refractivity contribution in [1.29, 1.82) is 0 Å². The SMILES string of the molecule is CC(=O)NCC(=O)NC(CCCN=CNN)C(=O)c1nc2ccccc2s1. The molecular weight excluding hydrogens is 368 g/mol. The second-order valence-corrected chi connectivity index (χ2v) is 6.76. The number of aliphatic imine (C=N–C) groups is 1. The number of thiazole rings is 1. The van der Waals surface area contributed by atoms with Gasteiger partial charge in [-0.3, -0.25) is 19.4 Å². The molecule has 27 heavy (non-hydrogen) atoms. The van der Waals surface area contributed by atoms with Gasteiger partial charge in [0, 0.05) is 13.5 Å². The number of hydrogen-bond acceptors (Lipinski definition) is 7. The summed E-state index contributed by atoms with van der Waals surface area (Å²) in [6, 6.07) is 6.72. The van der Waals surface area contributed by atoms with E-state index in [2.05, 4.69) is 26.0 Å². The van der Waals surface area contributed by atoms with E-state index >= 15 is 0 Å². The summed E-state index contributed by atoms with van der Waals surface area (Å²) in [6.45, 7) is 1.59. The fourth-order valence-corrected chi connectivity index (χ4v) is 3.31. The van der Waals surface area contributed by atoms with E-state index in [-0.39, 0.29) is 18.2 Å². The minimum Gasteiger partial charge on any atom is -0.347 e. The van der Waals surface area contributed by atoms with E-state index in [9.17, 15) is 14.4 Å². The number of nitrogens with zero attached hydrogens (tertiary/aromatic N) is 2. The van der Waals surface area contributed by atoms with Crippen LogP contribution in [0.3, 0.4) is 0 Å². The first-order chi connectivity index (χ1) is 13.0. The van der Waals surface area contributed by atoms with Crippen LogP contribution >= 0.6 is 11.3 Å². The molecular formula is C17H22N6O3S. The maximum absolute atomic E-state index is 12.9. The van der Waals surface area contributed by atoms with E-state index < -0.39 is 11.9 Å². The van der Waals surface area contributed by atoms with Gasteiger partial charge in [-0.15, -0.1) is 11.3 Å². The Balaban J connectivity index is 2.08. The van der Waals surface area contributed by atoms with Crippen molar-refractivity contribution in [2.45, 2.75) is 25.8 Å². The lowest BCUT2D eigenvalue weighted by Gasteiger charge is -2.16. The highest BCUT2D eigenvalue weighted by Gasteiger charge is 2.24. The molecule has 10 heteroatoms. The monoisotopic (exact) mass is 390 g/mol. The molecule has 144 valence electrons. The number of carbonyl (C=O) groups excluding carboxylic acids is 3. The van der Waals surface area contributed by atoms with E-state index in [1.54, 1.807) is 0 Å². The molecule has 0 saturated carbocycles. The number of amides is 2. The molecule has 0 saturated heterocycles. The van der Waals surface area contributed by atoms with Crippen LogP contribution in [0.1, 0.15) is 29.6 Å². The lowest BCUT2D eigenvalue weighted by molar-refractivity contribution is -0.125. The predicted molar refractivity (Wildman–Crippen MR) is 104 cm³/mol. The molecule has 0 spiro atoms. The van der Waals surface area contributed by atoms with Crippen LogP contribution < -0.4 is 21.9 Å². The molecule has 0 aliphatic carbocycles. The average Bonchev–Trinajstić information content (AvgIpc) is 3.09. The minimum absolute atomic E-state index is 0.186. The van der Waals surface area contributed by atoms with Gasteiger partial charge in [0.2, 0.25) is 17.6 Å². The Hall–Kier alpha value is -2.85. The third-order valence-electron chi connectivity index (χ3n) is 3.60. The number of para-hydroxylation sites is 1. The number of hydrazine groups is 1. The van der Waals surface area contributed by atoms with Gasteiger partial charge < -0.3 is 16.1 Å². The van der Waals surface area contributed by atoms with Gasteiger partial charge in [-0.05, 0) is 25.0 Å². The van der Waals surface area contributed by atoms with Gasteiger partial charge in [0.15, 0.2) is 5.01 Å². The maximum atomic E-state index is 12.9. The van der Waals surface area contributed by atoms with Crippen LogP contribution in [0.5, 0.6) is 0 Å². The van der Waals surface area contributed by atoms with Crippen molar-refractivity contribution in [2.24, 2.45) is 10.8 Å². The molecule has 1 unspecified atom stereocenters. The summed E-state index contributed by atoms with van der Waals surface area (Å²) in [5, 5.41) is 5.43. The molecule has 0 fully saturated rings. The summed E-state index contributed by atoms with van der Waals surface area (Å²) >= 11 is 1.29. The van der Waals surface area contributed by atoms with E-state index in [1.165, 1.54) is 24.6 Å². The summed E-state index contributed by atoms with van der Waals surface area (Å²) in [5.41, 5.74) is 3.05. The lowest BCUT2D eigenvalue weighted by atomic mass is 10.1. The van der Waals surface area contributed by atoms with Gasteiger partial charge in [0.05, 0.1) is 29.1 Å². The molecule has 2 amide bonds. The molecule has 1 heterocycles. The number of fused-ring (bicyclic) bond motifs is 1. The quantitative estimate of drug-likeness (QED) is 0.115. The number of aromatic nitrogens is 1. The molecule has 5 N–H and O–H groups in total. The smallest absolute Gasteiger partial charge is 0.239 e. The number of carbonyl (C=O) groups is 3. The van der Waals surface area contributed by atoms with Crippen LogP contribution in [-0.4, -0.2) is 48.1 Å². The number of hydrogen-bond donors (Lipinski definition) is 4. The standard InChI is InChI=1S/C17H22N6O3S/c1-11(24)20-9-15(25)22-13(6-4-8-19-10-21-18)16(26)17-23-12-5-2-3-7-14(12)27-17/h2-3,5,7,10,13H,4,6,8-9,18H2,1H3,(H,19,21)(H,20,24)(H,22,25). The third-order valence-corrected chi connectivity index (χ3v) is 4.65. The molecule has 9 nitrogen and oxygen atoms in total. The van der Waals surface area contributed by atoms with E-state index in [0.29, 0.717) is 24.4 Å². The van der Waals surface area contributed by atoms with Crippen LogP contribution in [-0.2, 0) is 9.59 Å². The molecule has 0 aliphatic rings. The van der Waals surface area contributed by atoms with Gasteiger partial charge in [0.1, 0.15) is 0 Å². The fourth-order valence-electron chi connectivity index (χ4n) is 2.35. The van der Waals surface area contributed by atoms with Crippen LogP contribution in [0.25, 0.3) is 10.2 Å². The molecule has 1 aromatic carbocycles. The number of Topliss-reactive ketones (excluding diaryl/α,β-unsaturated/α-hetero) is 1. The molecule has 2 rings (SSSR count). The van der Waals surface area contributed by atoms with E-state index in [0.717, 1.165) is 10.2 Å². The average molecular weight is 390 g/mol. The van der Waals surface area contributed by atoms with Crippen molar-refractivity contribution in [3.05, 3.63) is 29.3 Å². The Kier molecular flexibility index (Phi) is 7.83. The summed E-state index contributed by atoms with van der Waals surface area (Å²) in [6.07, 6.45) is 2.32. The van der Waals surface area contributed by atoms with Crippen molar-refractivity contribution >= 4 is 45.5 Å². The van der Waals surface area contributed by atoms with Gasteiger partial charge in [-0.1, -0.05) is 12.1 Å². The molecule has 0 radical (unpaired) electrons. The fraction of sp³-hybridized carbons (Fsp3) is 0.353. The second-order valence-electron chi connectivity index (χ2n) is 5.73. The molecule has 1 atom stereocenters. The normalized spacial score (nSPS) is 12.1. The van der Waals surface area contributed by atoms with Crippen molar-refractivity contribution in [3.63, 3.8) is 0 Å². The second kappa shape index (κ2) is 10.3. The van der Waals surface area contributed by atoms with Crippen LogP contribution in [0.2, 0.25) is 0 Å². The lowest BCUT2D eigenvalue weighted by Crippen LogP contribution is -2.45. The van der Waals surface area contributed by atoms with Crippen molar-refractivity contribution in [1.82, 2.24) is 21.0 Å². The zero-order valence-corrected chi connectivity index (χ0v) is 15.7. The summed E-state index contributed by atoms with van der Waals surface area (Å²) in [5.74, 6) is 4.10. The first kappa shape index (κ1) is 20.5. The maximum Gasteiger partial charge on any atom is 0.239 e. The number of rotatable bonds is 10. The van der Waals surface area contributed by atoms with Crippen molar-refractivity contribution in [2.75, 3.05) is 13.1 Å². The van der Waals surface area contributed by atoms with Gasteiger partial charge >= 0.3 is 0 Å². The Morgan fingerprint density at radius 2 is 2.11 bits per heavy atom. The zero-order valence-electron chi connectivity index (χ0n) is 14.9. The summed E-state index contributed by atoms with van der Waals surface area (Å²) in [7, 11) is 0. The Morgan fingerprint density at radius 3 is 2.81 bits per heavy atom. The van der Waals surface area contributed by atoms with Crippen molar-refractivity contribution < 1.29 is 14.4 Å². The van der Waals surface area contributed by atoms with Crippen molar-refractivity contribution in [3.8, 4) is 0 Å². The minimum atomic E-state index is -0.743. The number of nitrogens with one attached hydrogen (secondary N) is 3. The molecule has 2 aromatic rings. The number of ketones is 1.